The number of aliphatic carboxylic acids is 1. The third-order valence-corrected chi connectivity index (χ3v) is 4.15. The lowest BCUT2D eigenvalue weighted by Crippen LogP contribution is -2.47. The van der Waals surface area contributed by atoms with Gasteiger partial charge in [-0.25, -0.2) is 0 Å². The highest BCUT2D eigenvalue weighted by Crippen LogP contribution is 2.30. The number of amides is 1. The minimum atomic E-state index is -0.850. The van der Waals surface area contributed by atoms with Crippen molar-refractivity contribution in [2.24, 2.45) is 11.3 Å². The molecule has 0 aromatic rings. The zero-order valence-corrected chi connectivity index (χ0v) is 12.6. The predicted molar refractivity (Wildman–Crippen MR) is 76.4 cm³/mol. The van der Waals surface area contributed by atoms with Crippen LogP contribution in [0.1, 0.15) is 52.4 Å². The summed E-state index contributed by atoms with van der Waals surface area (Å²) in [6, 6.07) is 0. The number of rotatable bonds is 8. The van der Waals surface area contributed by atoms with Crippen LogP contribution in [0.25, 0.3) is 0 Å². The summed E-state index contributed by atoms with van der Waals surface area (Å²) in [7, 11) is 0. The fourth-order valence-corrected chi connectivity index (χ4v) is 2.73. The minimum absolute atomic E-state index is 0.000756. The third-order valence-electron chi connectivity index (χ3n) is 4.15. The van der Waals surface area contributed by atoms with E-state index in [0.717, 1.165) is 25.7 Å². The van der Waals surface area contributed by atoms with Gasteiger partial charge in [-0.15, -0.1) is 0 Å². The molecule has 0 bridgehead atoms. The molecule has 1 aliphatic rings. The largest absolute Gasteiger partial charge is 0.481 e. The molecule has 1 heterocycles. The van der Waals surface area contributed by atoms with Crippen LogP contribution in [0, 0.1) is 11.3 Å². The topological polar surface area (TPSA) is 75.6 Å². The molecule has 1 amide bonds. The number of carbonyl (C=O) groups excluding carboxylic acids is 1. The zero-order valence-electron chi connectivity index (χ0n) is 12.6. The second-order valence-electron chi connectivity index (χ2n) is 5.69. The van der Waals surface area contributed by atoms with Crippen LogP contribution < -0.4 is 5.32 Å². The SMILES string of the molecule is CCCC(CCC)C(=O)NCC1(C(=O)O)CCOCC1. The third kappa shape index (κ3) is 4.47. The Balaban J connectivity index is 2.57. The monoisotopic (exact) mass is 285 g/mol. The average molecular weight is 285 g/mol. The Bertz CT molecular complexity index is 318. The number of nitrogens with one attached hydrogen (secondary N) is 1. The van der Waals surface area contributed by atoms with Gasteiger partial charge >= 0.3 is 5.97 Å². The zero-order chi connectivity index (χ0) is 15.0. The molecular formula is C15H27NO4. The molecular weight excluding hydrogens is 258 g/mol. The summed E-state index contributed by atoms with van der Waals surface area (Å²) in [5.74, 6) is -0.819. The van der Waals surface area contributed by atoms with Crippen molar-refractivity contribution in [1.29, 1.82) is 0 Å². The fraction of sp³-hybridized carbons (Fsp3) is 0.867. The van der Waals surface area contributed by atoms with Gasteiger partial charge in [0.2, 0.25) is 5.91 Å². The molecule has 0 unspecified atom stereocenters. The Morgan fingerprint density at radius 2 is 1.75 bits per heavy atom. The molecule has 0 saturated carbocycles. The van der Waals surface area contributed by atoms with Gasteiger partial charge in [0.25, 0.3) is 0 Å². The molecule has 5 nitrogen and oxygen atoms in total. The van der Waals surface area contributed by atoms with E-state index in [2.05, 4.69) is 19.2 Å². The van der Waals surface area contributed by atoms with Crippen LogP contribution in [-0.4, -0.2) is 36.7 Å². The predicted octanol–water partition coefficient (Wildman–Crippen LogP) is 2.20. The number of carbonyl (C=O) groups is 2. The lowest BCUT2D eigenvalue weighted by atomic mass is 9.80. The summed E-state index contributed by atoms with van der Waals surface area (Å²) >= 11 is 0. The van der Waals surface area contributed by atoms with Crippen LogP contribution in [0.2, 0.25) is 0 Å². The first kappa shape index (κ1) is 17.0. The van der Waals surface area contributed by atoms with Crippen LogP contribution in [0.5, 0.6) is 0 Å². The normalized spacial score (nSPS) is 17.9. The molecule has 1 saturated heterocycles. The van der Waals surface area contributed by atoms with Crippen LogP contribution in [-0.2, 0) is 14.3 Å². The Kier molecular flexibility index (Phi) is 6.99. The van der Waals surface area contributed by atoms with Crippen LogP contribution in [0.4, 0.5) is 0 Å². The van der Waals surface area contributed by atoms with Crippen molar-refractivity contribution in [3.63, 3.8) is 0 Å². The van der Waals surface area contributed by atoms with E-state index in [4.69, 9.17) is 4.74 Å². The molecule has 0 spiro atoms. The Hall–Kier alpha value is -1.10. The fourth-order valence-electron chi connectivity index (χ4n) is 2.73. The molecule has 0 atom stereocenters. The summed E-state index contributed by atoms with van der Waals surface area (Å²) in [4.78, 5) is 23.7. The van der Waals surface area contributed by atoms with Gasteiger partial charge in [0.15, 0.2) is 0 Å². The summed E-state index contributed by atoms with van der Waals surface area (Å²) < 4.78 is 5.23. The molecule has 0 aliphatic carbocycles. The van der Waals surface area contributed by atoms with Gasteiger partial charge in [-0.05, 0) is 25.7 Å². The van der Waals surface area contributed by atoms with Crippen LogP contribution in [0.3, 0.4) is 0 Å². The molecule has 5 heteroatoms. The van der Waals surface area contributed by atoms with Crippen molar-refractivity contribution in [2.45, 2.75) is 52.4 Å². The Labute approximate surface area is 121 Å². The number of carboxylic acid groups (broad SMARTS) is 1. The summed E-state index contributed by atoms with van der Waals surface area (Å²) in [6.07, 6.45) is 4.60. The second kappa shape index (κ2) is 8.25. The van der Waals surface area contributed by atoms with E-state index in [1.165, 1.54) is 0 Å². The summed E-state index contributed by atoms with van der Waals surface area (Å²) in [6.45, 7) is 5.25. The van der Waals surface area contributed by atoms with Gasteiger partial charge in [0.1, 0.15) is 0 Å². The Morgan fingerprint density at radius 3 is 2.20 bits per heavy atom. The van der Waals surface area contributed by atoms with Gasteiger partial charge in [0, 0.05) is 25.7 Å². The summed E-state index contributed by atoms with van der Waals surface area (Å²) in [5.41, 5.74) is -0.850. The second-order valence-corrected chi connectivity index (χ2v) is 5.69. The van der Waals surface area contributed by atoms with Crippen LogP contribution >= 0.6 is 0 Å². The lowest BCUT2D eigenvalue weighted by Gasteiger charge is -2.33. The van der Waals surface area contributed by atoms with Gasteiger partial charge < -0.3 is 15.2 Å². The maximum atomic E-state index is 12.2. The van der Waals surface area contributed by atoms with Crippen molar-refractivity contribution in [2.75, 3.05) is 19.8 Å². The maximum Gasteiger partial charge on any atom is 0.311 e. The molecule has 0 aromatic carbocycles. The van der Waals surface area contributed by atoms with E-state index in [1.807, 2.05) is 0 Å². The van der Waals surface area contributed by atoms with E-state index in [0.29, 0.717) is 26.1 Å². The highest BCUT2D eigenvalue weighted by molar-refractivity contribution is 5.80. The highest BCUT2D eigenvalue weighted by Gasteiger charge is 2.40. The molecule has 20 heavy (non-hydrogen) atoms. The van der Waals surface area contributed by atoms with Crippen molar-refractivity contribution in [3.8, 4) is 0 Å². The number of hydrogen-bond acceptors (Lipinski definition) is 3. The average Bonchev–Trinajstić information content (AvgIpc) is 2.45. The maximum absolute atomic E-state index is 12.2. The van der Waals surface area contributed by atoms with Gasteiger partial charge in [-0.2, -0.15) is 0 Å². The van der Waals surface area contributed by atoms with E-state index in [9.17, 15) is 14.7 Å². The van der Waals surface area contributed by atoms with Crippen molar-refractivity contribution < 1.29 is 19.4 Å². The highest BCUT2D eigenvalue weighted by atomic mass is 16.5. The first-order valence-corrected chi connectivity index (χ1v) is 7.64. The number of ether oxygens (including phenoxy) is 1. The molecule has 116 valence electrons. The van der Waals surface area contributed by atoms with Gasteiger partial charge in [-0.3, -0.25) is 9.59 Å². The van der Waals surface area contributed by atoms with Crippen molar-refractivity contribution in [1.82, 2.24) is 5.32 Å². The standard InChI is InChI=1S/C15H27NO4/c1-3-5-12(6-4-2)13(17)16-11-15(14(18)19)7-9-20-10-8-15/h12H,3-11H2,1-2H3,(H,16,17)(H,18,19). The van der Waals surface area contributed by atoms with E-state index in [-0.39, 0.29) is 18.4 Å². The molecule has 0 aromatic heterocycles. The smallest absolute Gasteiger partial charge is 0.311 e. The van der Waals surface area contributed by atoms with Gasteiger partial charge in [-0.1, -0.05) is 26.7 Å². The van der Waals surface area contributed by atoms with E-state index < -0.39 is 11.4 Å². The first-order chi connectivity index (χ1) is 9.55. The van der Waals surface area contributed by atoms with E-state index >= 15 is 0 Å². The quantitative estimate of drug-likeness (QED) is 0.717. The summed E-state index contributed by atoms with van der Waals surface area (Å²) in [5, 5.41) is 12.3. The Morgan fingerprint density at radius 1 is 1.20 bits per heavy atom. The van der Waals surface area contributed by atoms with Crippen molar-refractivity contribution in [3.05, 3.63) is 0 Å². The molecule has 1 rings (SSSR count). The number of carboxylic acids is 1. The van der Waals surface area contributed by atoms with Crippen molar-refractivity contribution >= 4 is 11.9 Å². The lowest BCUT2D eigenvalue weighted by molar-refractivity contribution is -0.154. The van der Waals surface area contributed by atoms with Crippen LogP contribution in [0.15, 0.2) is 0 Å². The molecule has 1 aliphatic heterocycles. The minimum Gasteiger partial charge on any atom is -0.481 e. The van der Waals surface area contributed by atoms with E-state index in [1.54, 1.807) is 0 Å². The molecule has 2 N–H and O–H groups in total. The first-order valence-electron chi connectivity index (χ1n) is 7.64. The molecule has 1 fully saturated rings. The molecule has 0 radical (unpaired) electrons. The number of hydrogen-bond donors (Lipinski definition) is 2. The van der Waals surface area contributed by atoms with Gasteiger partial charge in [0.05, 0.1) is 5.41 Å².